The number of aromatic nitrogens is 5. The van der Waals surface area contributed by atoms with Gasteiger partial charge in [0.25, 0.3) is 5.91 Å². The highest BCUT2D eigenvalue weighted by atomic mass is 35.5. The minimum absolute atomic E-state index is 0.190. The predicted octanol–water partition coefficient (Wildman–Crippen LogP) is 2.37. The normalized spacial score (nSPS) is 11.4. The fourth-order valence-electron chi connectivity index (χ4n) is 2.57. The van der Waals surface area contributed by atoms with Gasteiger partial charge in [-0.1, -0.05) is 11.6 Å². The van der Waals surface area contributed by atoms with Gasteiger partial charge in [-0.3, -0.25) is 14.5 Å². The lowest BCUT2D eigenvalue weighted by Gasteiger charge is -2.26. The average Bonchev–Trinajstić information content (AvgIpc) is 2.98. The largest absolute Gasteiger partial charge is 0.364 e. The molecule has 0 radical (unpaired) electrons. The standard InChI is InChI=1S/C17H18ClN7O/c1-17(2,14-11(18)5-4-6-20-14)23-16-21-8-10(9-22-16)13-7-12(15(19)26)24-25(13)3/h4-9H,1-3H3,(H2,19,26)(H,21,22,23). The van der Waals surface area contributed by atoms with Gasteiger partial charge in [-0.25, -0.2) is 9.97 Å². The number of carbonyl (C=O) groups excluding carboxylic acids is 1. The lowest BCUT2D eigenvalue weighted by atomic mass is 10.00. The summed E-state index contributed by atoms with van der Waals surface area (Å²) in [5.74, 6) is -0.155. The van der Waals surface area contributed by atoms with E-state index in [2.05, 4.69) is 25.4 Å². The van der Waals surface area contributed by atoms with Crippen LogP contribution < -0.4 is 11.1 Å². The SMILES string of the molecule is Cn1nc(C(N)=O)cc1-c1cnc(NC(C)(C)c2ncccc2Cl)nc1. The number of anilines is 1. The molecule has 0 aliphatic heterocycles. The number of hydrogen-bond donors (Lipinski definition) is 2. The molecule has 0 fully saturated rings. The fraction of sp³-hybridized carbons (Fsp3) is 0.235. The first kappa shape index (κ1) is 17.8. The molecule has 3 aromatic rings. The van der Waals surface area contributed by atoms with E-state index >= 15 is 0 Å². The van der Waals surface area contributed by atoms with Crippen LogP contribution in [0.1, 0.15) is 30.0 Å². The highest BCUT2D eigenvalue weighted by molar-refractivity contribution is 6.31. The quantitative estimate of drug-likeness (QED) is 0.712. The lowest BCUT2D eigenvalue weighted by Crippen LogP contribution is -2.30. The van der Waals surface area contributed by atoms with E-state index < -0.39 is 11.4 Å². The number of aryl methyl sites for hydroxylation is 1. The smallest absolute Gasteiger partial charge is 0.269 e. The van der Waals surface area contributed by atoms with Crippen molar-refractivity contribution in [3.63, 3.8) is 0 Å². The van der Waals surface area contributed by atoms with Crippen molar-refractivity contribution in [2.24, 2.45) is 12.8 Å². The average molecular weight is 372 g/mol. The summed E-state index contributed by atoms with van der Waals surface area (Å²) < 4.78 is 1.56. The van der Waals surface area contributed by atoms with Gasteiger partial charge in [0.1, 0.15) is 0 Å². The zero-order valence-corrected chi connectivity index (χ0v) is 15.3. The van der Waals surface area contributed by atoms with E-state index in [0.717, 1.165) is 0 Å². The second kappa shape index (κ2) is 6.72. The van der Waals surface area contributed by atoms with Crippen molar-refractivity contribution in [3.05, 3.63) is 53.2 Å². The van der Waals surface area contributed by atoms with E-state index in [1.54, 1.807) is 48.5 Å². The van der Waals surface area contributed by atoms with Gasteiger partial charge < -0.3 is 11.1 Å². The molecular formula is C17H18ClN7O. The third-order valence-corrected chi connectivity index (χ3v) is 4.16. The molecule has 8 nitrogen and oxygen atoms in total. The number of primary amides is 1. The fourth-order valence-corrected chi connectivity index (χ4v) is 2.92. The summed E-state index contributed by atoms with van der Waals surface area (Å²) >= 11 is 6.23. The monoisotopic (exact) mass is 371 g/mol. The third-order valence-electron chi connectivity index (χ3n) is 3.85. The van der Waals surface area contributed by atoms with Crippen molar-refractivity contribution in [1.82, 2.24) is 24.7 Å². The molecule has 0 saturated carbocycles. The number of nitrogens with one attached hydrogen (secondary N) is 1. The second-order valence-electron chi connectivity index (χ2n) is 6.28. The van der Waals surface area contributed by atoms with Crippen molar-refractivity contribution >= 4 is 23.5 Å². The Morgan fingerprint density at radius 1 is 1.27 bits per heavy atom. The number of carbonyl (C=O) groups is 1. The van der Waals surface area contributed by atoms with Crippen molar-refractivity contribution in [2.75, 3.05) is 5.32 Å². The first-order chi connectivity index (χ1) is 12.3. The second-order valence-corrected chi connectivity index (χ2v) is 6.69. The van der Waals surface area contributed by atoms with E-state index in [-0.39, 0.29) is 5.69 Å². The van der Waals surface area contributed by atoms with Crippen LogP contribution >= 0.6 is 11.6 Å². The summed E-state index contributed by atoms with van der Waals surface area (Å²) in [6, 6.07) is 5.17. The molecule has 134 valence electrons. The molecule has 0 saturated heterocycles. The Balaban J connectivity index is 1.84. The molecule has 0 bridgehead atoms. The molecule has 3 aromatic heterocycles. The van der Waals surface area contributed by atoms with E-state index in [1.165, 1.54) is 0 Å². The number of rotatable bonds is 5. The zero-order chi connectivity index (χ0) is 18.9. The van der Waals surface area contributed by atoms with E-state index in [4.69, 9.17) is 17.3 Å². The lowest BCUT2D eigenvalue weighted by molar-refractivity contribution is 0.0995. The Bertz CT molecular complexity index is 950. The molecule has 0 spiro atoms. The summed E-state index contributed by atoms with van der Waals surface area (Å²) in [6.07, 6.45) is 4.98. The number of pyridine rings is 1. The number of nitrogens with two attached hydrogens (primary N) is 1. The summed E-state index contributed by atoms with van der Waals surface area (Å²) in [6.45, 7) is 3.89. The minimum atomic E-state index is -0.583. The summed E-state index contributed by atoms with van der Waals surface area (Å²) in [4.78, 5) is 24.3. The minimum Gasteiger partial charge on any atom is -0.364 e. The van der Waals surface area contributed by atoms with Gasteiger partial charge in [-0.2, -0.15) is 5.10 Å². The molecule has 0 aliphatic carbocycles. The Labute approximate surface area is 155 Å². The molecule has 3 heterocycles. The van der Waals surface area contributed by atoms with Crippen LogP contribution in [-0.4, -0.2) is 30.6 Å². The number of halogens is 1. The molecule has 0 atom stereocenters. The maximum atomic E-state index is 11.3. The van der Waals surface area contributed by atoms with Gasteiger partial charge in [0.05, 0.1) is 21.9 Å². The predicted molar refractivity (Wildman–Crippen MR) is 98.6 cm³/mol. The van der Waals surface area contributed by atoms with Gasteiger partial charge in [-0.05, 0) is 32.0 Å². The Hall–Kier alpha value is -3.00. The van der Waals surface area contributed by atoms with Crippen molar-refractivity contribution in [2.45, 2.75) is 19.4 Å². The molecule has 26 heavy (non-hydrogen) atoms. The Morgan fingerprint density at radius 2 is 1.96 bits per heavy atom. The van der Waals surface area contributed by atoms with Crippen LogP contribution in [-0.2, 0) is 12.6 Å². The first-order valence-electron chi connectivity index (χ1n) is 7.83. The molecule has 9 heteroatoms. The summed E-state index contributed by atoms with van der Waals surface area (Å²) in [7, 11) is 1.72. The van der Waals surface area contributed by atoms with Crippen LogP contribution in [0.3, 0.4) is 0 Å². The highest BCUT2D eigenvalue weighted by Gasteiger charge is 2.25. The van der Waals surface area contributed by atoms with Crippen LogP contribution in [0.15, 0.2) is 36.8 Å². The van der Waals surface area contributed by atoms with Gasteiger partial charge in [0.2, 0.25) is 5.95 Å². The number of amides is 1. The van der Waals surface area contributed by atoms with Gasteiger partial charge in [0, 0.05) is 31.2 Å². The molecule has 0 aromatic carbocycles. The first-order valence-corrected chi connectivity index (χ1v) is 8.21. The van der Waals surface area contributed by atoms with Crippen LogP contribution in [0, 0.1) is 0 Å². The summed E-state index contributed by atoms with van der Waals surface area (Å²) in [5, 5.41) is 7.86. The number of hydrogen-bond acceptors (Lipinski definition) is 6. The number of nitrogens with zero attached hydrogens (tertiary/aromatic N) is 5. The van der Waals surface area contributed by atoms with Gasteiger partial charge in [-0.15, -0.1) is 0 Å². The topological polar surface area (TPSA) is 112 Å². The third kappa shape index (κ3) is 3.50. The molecule has 0 unspecified atom stereocenters. The Kier molecular flexibility index (Phi) is 4.60. The van der Waals surface area contributed by atoms with Gasteiger partial charge >= 0.3 is 0 Å². The molecule has 1 amide bonds. The molecular weight excluding hydrogens is 354 g/mol. The van der Waals surface area contributed by atoms with Crippen LogP contribution in [0.25, 0.3) is 11.3 Å². The Morgan fingerprint density at radius 3 is 2.54 bits per heavy atom. The van der Waals surface area contributed by atoms with Crippen LogP contribution in [0.2, 0.25) is 5.02 Å². The van der Waals surface area contributed by atoms with E-state index in [1.807, 2.05) is 13.8 Å². The maximum absolute atomic E-state index is 11.3. The van der Waals surface area contributed by atoms with E-state index in [0.29, 0.717) is 27.9 Å². The summed E-state index contributed by atoms with van der Waals surface area (Å²) in [5.41, 5.74) is 7.00. The molecule has 3 rings (SSSR count). The van der Waals surface area contributed by atoms with Crippen molar-refractivity contribution in [3.8, 4) is 11.3 Å². The molecule has 0 aliphatic rings. The maximum Gasteiger partial charge on any atom is 0.269 e. The van der Waals surface area contributed by atoms with Gasteiger partial charge in [0.15, 0.2) is 5.69 Å². The van der Waals surface area contributed by atoms with E-state index in [9.17, 15) is 4.79 Å². The zero-order valence-electron chi connectivity index (χ0n) is 14.6. The van der Waals surface area contributed by atoms with Crippen molar-refractivity contribution < 1.29 is 4.79 Å². The molecule has 3 N–H and O–H groups in total. The van der Waals surface area contributed by atoms with Crippen LogP contribution in [0.4, 0.5) is 5.95 Å². The van der Waals surface area contributed by atoms with Crippen LogP contribution in [0.5, 0.6) is 0 Å². The highest BCUT2D eigenvalue weighted by Crippen LogP contribution is 2.28. The van der Waals surface area contributed by atoms with Crippen molar-refractivity contribution in [1.29, 1.82) is 0 Å².